The van der Waals surface area contributed by atoms with E-state index in [-0.39, 0.29) is 28.7 Å². The second kappa shape index (κ2) is 8.14. The van der Waals surface area contributed by atoms with Crippen molar-refractivity contribution in [3.8, 4) is 0 Å². The number of nitrogens with one attached hydrogen (secondary N) is 1. The number of thiophene rings is 1. The molecule has 0 saturated carbocycles. The first-order valence-corrected chi connectivity index (χ1v) is 12.1. The maximum Gasteiger partial charge on any atom is 0.290 e. The van der Waals surface area contributed by atoms with Crippen LogP contribution in [0.4, 0.5) is 0 Å². The number of carbonyl (C=O) groups excluding carboxylic acids is 1. The fraction of sp³-hybridized carbons (Fsp3) is 0.381. The van der Waals surface area contributed by atoms with E-state index in [0.717, 1.165) is 10.4 Å². The fourth-order valence-electron chi connectivity index (χ4n) is 3.63. The third-order valence-electron chi connectivity index (χ3n) is 5.47. The summed E-state index contributed by atoms with van der Waals surface area (Å²) in [5.74, 6) is -0.0520. The third-order valence-corrected chi connectivity index (χ3v) is 7.90. The summed E-state index contributed by atoms with van der Waals surface area (Å²) in [5.41, 5.74) is 2.32. The minimum absolute atomic E-state index is 0.0955. The number of nitrogens with zero attached hydrogens (tertiary/aromatic N) is 1. The van der Waals surface area contributed by atoms with Gasteiger partial charge in [0.15, 0.2) is 11.3 Å². The van der Waals surface area contributed by atoms with Gasteiger partial charge in [0.25, 0.3) is 5.91 Å². The molecule has 7 nitrogen and oxygen atoms in total. The van der Waals surface area contributed by atoms with E-state index in [2.05, 4.69) is 4.72 Å². The van der Waals surface area contributed by atoms with Gasteiger partial charge in [-0.3, -0.25) is 4.79 Å². The molecule has 30 heavy (non-hydrogen) atoms. The van der Waals surface area contributed by atoms with Crippen LogP contribution in [0.25, 0.3) is 11.0 Å². The van der Waals surface area contributed by atoms with Crippen molar-refractivity contribution in [2.24, 2.45) is 0 Å². The Labute approximate surface area is 179 Å². The number of fused-ring (bicyclic) bond motifs is 1. The number of hydrogen-bond acceptors (Lipinski definition) is 6. The highest BCUT2D eigenvalue weighted by Crippen LogP contribution is 2.35. The Kier molecular flexibility index (Phi) is 5.71. The van der Waals surface area contributed by atoms with Crippen LogP contribution >= 0.6 is 11.3 Å². The lowest BCUT2D eigenvalue weighted by Gasteiger charge is -2.26. The molecule has 0 aliphatic carbocycles. The molecule has 0 spiro atoms. The van der Waals surface area contributed by atoms with Gasteiger partial charge in [0.1, 0.15) is 4.90 Å². The van der Waals surface area contributed by atoms with Gasteiger partial charge in [0.05, 0.1) is 13.2 Å². The monoisotopic (exact) mass is 448 g/mol. The third kappa shape index (κ3) is 3.78. The maximum atomic E-state index is 13.2. The fourth-order valence-corrected chi connectivity index (χ4v) is 5.82. The lowest BCUT2D eigenvalue weighted by molar-refractivity contribution is 0.0283. The SMILES string of the molecule is Cc1cc2c(C)c(C(=O)N3CCOCC3)oc2c(S(=O)(=O)NCc2cccs2)c1C. The smallest absolute Gasteiger partial charge is 0.290 e. The van der Waals surface area contributed by atoms with Gasteiger partial charge in [0, 0.05) is 35.5 Å². The summed E-state index contributed by atoms with van der Waals surface area (Å²) < 4.78 is 40.4. The molecule has 2 aromatic heterocycles. The molecule has 1 fully saturated rings. The summed E-state index contributed by atoms with van der Waals surface area (Å²) in [5, 5.41) is 2.55. The highest BCUT2D eigenvalue weighted by molar-refractivity contribution is 7.89. The van der Waals surface area contributed by atoms with E-state index >= 15 is 0 Å². The predicted octanol–water partition coefficient (Wildman–Crippen LogP) is 3.37. The Morgan fingerprint density at radius 2 is 1.93 bits per heavy atom. The molecular formula is C21H24N2O5S2. The molecule has 1 saturated heterocycles. The Bertz CT molecular complexity index is 1190. The molecule has 1 aromatic carbocycles. The number of benzene rings is 1. The molecule has 0 radical (unpaired) electrons. The summed E-state index contributed by atoms with van der Waals surface area (Å²) in [4.78, 5) is 15.7. The van der Waals surface area contributed by atoms with Crippen molar-refractivity contribution >= 4 is 38.2 Å². The molecule has 1 aliphatic rings. The van der Waals surface area contributed by atoms with Crippen molar-refractivity contribution in [3.05, 3.63) is 50.9 Å². The summed E-state index contributed by atoms with van der Waals surface area (Å²) in [6.07, 6.45) is 0. The zero-order chi connectivity index (χ0) is 21.5. The van der Waals surface area contributed by atoms with Crippen LogP contribution in [0.2, 0.25) is 0 Å². The molecule has 1 amide bonds. The molecule has 0 bridgehead atoms. The maximum absolute atomic E-state index is 13.2. The number of rotatable bonds is 5. The van der Waals surface area contributed by atoms with E-state index in [0.29, 0.717) is 42.8 Å². The van der Waals surface area contributed by atoms with Gasteiger partial charge in [-0.1, -0.05) is 6.07 Å². The quantitative estimate of drug-likeness (QED) is 0.646. The number of ether oxygens (including phenoxy) is 1. The first kappa shape index (κ1) is 21.0. The zero-order valence-electron chi connectivity index (χ0n) is 17.1. The molecule has 1 aliphatic heterocycles. The van der Waals surface area contributed by atoms with E-state index < -0.39 is 10.0 Å². The van der Waals surface area contributed by atoms with Gasteiger partial charge in [-0.05, 0) is 49.4 Å². The predicted molar refractivity (Wildman–Crippen MR) is 115 cm³/mol. The number of carbonyl (C=O) groups is 1. The molecule has 4 rings (SSSR count). The zero-order valence-corrected chi connectivity index (χ0v) is 18.8. The van der Waals surface area contributed by atoms with Crippen LogP contribution < -0.4 is 4.72 Å². The van der Waals surface area contributed by atoms with E-state index in [1.165, 1.54) is 11.3 Å². The number of morpholine rings is 1. The van der Waals surface area contributed by atoms with Crippen LogP contribution in [0, 0.1) is 20.8 Å². The van der Waals surface area contributed by atoms with Crippen molar-refractivity contribution < 1.29 is 22.4 Å². The number of furan rings is 1. The normalized spacial score (nSPS) is 15.1. The van der Waals surface area contributed by atoms with E-state index in [1.807, 2.05) is 30.5 Å². The minimum Gasteiger partial charge on any atom is -0.449 e. The van der Waals surface area contributed by atoms with Gasteiger partial charge >= 0.3 is 0 Å². The van der Waals surface area contributed by atoms with Gasteiger partial charge in [0.2, 0.25) is 10.0 Å². The van der Waals surface area contributed by atoms with E-state index in [9.17, 15) is 13.2 Å². The molecule has 9 heteroatoms. The van der Waals surface area contributed by atoms with Crippen molar-refractivity contribution in [3.63, 3.8) is 0 Å². The van der Waals surface area contributed by atoms with Gasteiger partial charge in [-0.2, -0.15) is 0 Å². The van der Waals surface area contributed by atoms with Crippen LogP contribution in [0.1, 0.15) is 32.1 Å². The van der Waals surface area contributed by atoms with E-state index in [4.69, 9.17) is 9.15 Å². The Morgan fingerprint density at radius 3 is 2.60 bits per heavy atom. The summed E-state index contributed by atoms with van der Waals surface area (Å²) in [6.45, 7) is 7.56. The van der Waals surface area contributed by atoms with Crippen molar-refractivity contribution in [2.75, 3.05) is 26.3 Å². The highest BCUT2D eigenvalue weighted by atomic mass is 32.2. The van der Waals surface area contributed by atoms with Crippen LogP contribution in [-0.4, -0.2) is 45.5 Å². The van der Waals surface area contributed by atoms with E-state index in [1.54, 1.807) is 18.7 Å². The van der Waals surface area contributed by atoms with Crippen LogP contribution in [0.15, 0.2) is 32.9 Å². The Morgan fingerprint density at radius 1 is 1.20 bits per heavy atom. The first-order chi connectivity index (χ1) is 14.3. The highest BCUT2D eigenvalue weighted by Gasteiger charge is 2.30. The summed E-state index contributed by atoms with van der Waals surface area (Å²) >= 11 is 1.49. The Balaban J connectivity index is 1.79. The second-order valence-electron chi connectivity index (χ2n) is 7.39. The van der Waals surface area contributed by atoms with Crippen molar-refractivity contribution in [1.29, 1.82) is 0 Å². The average molecular weight is 449 g/mol. The number of aryl methyl sites for hydroxylation is 2. The number of hydrogen-bond donors (Lipinski definition) is 1. The van der Waals surface area contributed by atoms with Crippen LogP contribution in [-0.2, 0) is 21.3 Å². The molecule has 0 unspecified atom stereocenters. The largest absolute Gasteiger partial charge is 0.449 e. The number of amides is 1. The van der Waals surface area contributed by atoms with Gasteiger partial charge in [-0.25, -0.2) is 13.1 Å². The molecule has 3 heterocycles. The molecular weight excluding hydrogens is 424 g/mol. The summed E-state index contributed by atoms with van der Waals surface area (Å²) in [6, 6.07) is 5.64. The average Bonchev–Trinajstić information content (AvgIpc) is 3.36. The second-order valence-corrected chi connectivity index (χ2v) is 10.1. The van der Waals surface area contributed by atoms with Crippen LogP contribution in [0.3, 0.4) is 0 Å². The van der Waals surface area contributed by atoms with Crippen molar-refractivity contribution in [1.82, 2.24) is 9.62 Å². The van der Waals surface area contributed by atoms with Gasteiger partial charge < -0.3 is 14.1 Å². The van der Waals surface area contributed by atoms with Gasteiger partial charge in [-0.15, -0.1) is 11.3 Å². The molecule has 3 aromatic rings. The van der Waals surface area contributed by atoms with Crippen molar-refractivity contribution in [2.45, 2.75) is 32.2 Å². The summed E-state index contributed by atoms with van der Waals surface area (Å²) in [7, 11) is -3.85. The first-order valence-electron chi connectivity index (χ1n) is 9.72. The molecule has 1 N–H and O–H groups in total. The minimum atomic E-state index is -3.85. The number of sulfonamides is 1. The topological polar surface area (TPSA) is 88.9 Å². The Hall–Kier alpha value is -2.20. The standard InChI is InChI=1S/C21H24N2O5S2/c1-13-11-17-15(3)18(21(24)23-6-8-27-9-7-23)28-19(17)20(14(13)2)30(25,26)22-12-16-5-4-10-29-16/h4-5,10-11,22H,6-9,12H2,1-3H3. The molecule has 0 atom stereocenters. The molecule has 160 valence electrons. The lowest BCUT2D eigenvalue weighted by Crippen LogP contribution is -2.40. The van der Waals surface area contributed by atoms with Crippen LogP contribution in [0.5, 0.6) is 0 Å². The lowest BCUT2D eigenvalue weighted by atomic mass is 10.0.